The summed E-state index contributed by atoms with van der Waals surface area (Å²) in [7, 11) is 1.58. The molecule has 3 aromatic rings. The molecule has 21 heavy (non-hydrogen) atoms. The molecule has 0 atom stereocenters. The fraction of sp³-hybridized carbons (Fsp3) is 0.250. The fourth-order valence-corrected chi connectivity index (χ4v) is 2.33. The number of methoxy groups -OCH3 is 1. The first-order chi connectivity index (χ1) is 10.1. The molecule has 0 fully saturated rings. The van der Waals surface area contributed by atoms with Crippen molar-refractivity contribution in [3.05, 3.63) is 41.1 Å². The van der Waals surface area contributed by atoms with E-state index < -0.39 is 0 Å². The molecule has 2 aromatic heterocycles. The average molecular weight is 302 g/mol. The highest BCUT2D eigenvalue weighted by Crippen LogP contribution is 2.32. The number of rotatable bonds is 3. The third-order valence-electron chi connectivity index (χ3n) is 3.26. The van der Waals surface area contributed by atoms with E-state index in [9.17, 15) is 0 Å². The van der Waals surface area contributed by atoms with Crippen molar-refractivity contribution < 1.29 is 9.26 Å². The number of benzene rings is 1. The summed E-state index contributed by atoms with van der Waals surface area (Å²) in [5.74, 6) is 1.69. The summed E-state index contributed by atoms with van der Waals surface area (Å²) in [5.41, 5.74) is 1.99. The molecule has 0 amide bonds. The van der Waals surface area contributed by atoms with Crippen LogP contribution < -0.4 is 4.74 Å². The highest BCUT2D eigenvalue weighted by molar-refractivity contribution is 6.36. The van der Waals surface area contributed by atoms with E-state index in [0.717, 1.165) is 11.1 Å². The largest absolute Gasteiger partial charge is 0.495 e. The van der Waals surface area contributed by atoms with Crippen LogP contribution in [0.3, 0.4) is 0 Å². The second kappa shape index (κ2) is 5.37. The molecule has 0 spiro atoms. The van der Waals surface area contributed by atoms with Crippen LogP contribution in [0.4, 0.5) is 0 Å². The van der Waals surface area contributed by atoms with Crippen LogP contribution in [0.2, 0.25) is 5.02 Å². The van der Waals surface area contributed by atoms with Gasteiger partial charge in [0.05, 0.1) is 18.3 Å². The van der Waals surface area contributed by atoms with Gasteiger partial charge < -0.3 is 9.26 Å². The van der Waals surface area contributed by atoms with Crippen molar-refractivity contribution in [3.63, 3.8) is 0 Å². The first-order valence-corrected chi connectivity index (χ1v) is 7.00. The lowest BCUT2D eigenvalue weighted by atomic mass is 10.1. The maximum Gasteiger partial charge on any atom is 0.139 e. The molecule has 0 N–H and O–H groups in total. The minimum absolute atomic E-state index is 0.277. The van der Waals surface area contributed by atoms with Gasteiger partial charge in [-0.25, -0.2) is 4.98 Å². The first kappa shape index (κ1) is 13.9. The van der Waals surface area contributed by atoms with Crippen LogP contribution in [0.1, 0.15) is 25.5 Å². The minimum atomic E-state index is 0.277. The zero-order valence-electron chi connectivity index (χ0n) is 12.0. The Labute approximate surface area is 127 Å². The number of hydrogen-bond acceptors (Lipinski definition) is 4. The standard InChI is InChI=1S/C16H14ClN2O2/c1-9(2)14-8-12(19-21-14)11-6-4-10-5-7-13(20-3)15(17)16(10)18-11/h5-9H,1-3H3. The van der Waals surface area contributed by atoms with Crippen LogP contribution in [0.5, 0.6) is 5.75 Å². The zero-order valence-corrected chi connectivity index (χ0v) is 12.7. The molecular weight excluding hydrogens is 288 g/mol. The lowest BCUT2D eigenvalue weighted by molar-refractivity contribution is 0.373. The molecule has 2 heterocycles. The van der Waals surface area contributed by atoms with E-state index in [2.05, 4.69) is 16.2 Å². The molecule has 5 heteroatoms. The molecule has 0 aliphatic rings. The normalized spacial score (nSPS) is 11.3. The van der Waals surface area contributed by atoms with E-state index in [1.165, 1.54) is 0 Å². The third-order valence-corrected chi connectivity index (χ3v) is 3.62. The number of aromatic nitrogens is 2. The van der Waals surface area contributed by atoms with Crippen molar-refractivity contribution in [2.24, 2.45) is 0 Å². The summed E-state index contributed by atoms with van der Waals surface area (Å²) in [4.78, 5) is 4.56. The maximum atomic E-state index is 6.31. The van der Waals surface area contributed by atoms with Gasteiger partial charge in [0.1, 0.15) is 22.2 Å². The predicted molar refractivity (Wildman–Crippen MR) is 81.7 cm³/mol. The second-order valence-corrected chi connectivity index (χ2v) is 5.41. The van der Waals surface area contributed by atoms with Crippen molar-refractivity contribution in [1.82, 2.24) is 10.1 Å². The van der Waals surface area contributed by atoms with Gasteiger partial charge in [-0.3, -0.25) is 0 Å². The molecule has 0 aliphatic carbocycles. The summed E-state index contributed by atoms with van der Waals surface area (Å²) < 4.78 is 10.5. The number of pyridine rings is 1. The lowest BCUT2D eigenvalue weighted by Gasteiger charge is -2.06. The molecule has 3 rings (SSSR count). The molecule has 0 saturated heterocycles. The first-order valence-electron chi connectivity index (χ1n) is 6.62. The zero-order chi connectivity index (χ0) is 15.0. The molecule has 107 valence electrons. The Balaban J connectivity index is 2.13. The quantitative estimate of drug-likeness (QED) is 0.716. The SMILES string of the molecule is COc1ccc2[c]cc(-c3cc(C(C)C)on3)nc2c1Cl. The molecule has 1 aromatic carbocycles. The van der Waals surface area contributed by atoms with Crippen LogP contribution in [-0.4, -0.2) is 17.3 Å². The van der Waals surface area contributed by atoms with Gasteiger partial charge >= 0.3 is 0 Å². The maximum absolute atomic E-state index is 6.31. The summed E-state index contributed by atoms with van der Waals surface area (Å²) in [6.07, 6.45) is 0. The smallest absolute Gasteiger partial charge is 0.139 e. The Kier molecular flexibility index (Phi) is 3.55. The molecule has 0 unspecified atom stereocenters. The third kappa shape index (κ3) is 2.47. The van der Waals surface area contributed by atoms with Gasteiger partial charge in [-0.05, 0) is 24.3 Å². The predicted octanol–water partition coefficient (Wildman–Crippen LogP) is 4.48. The molecule has 1 radical (unpaired) electrons. The number of halogens is 1. The van der Waals surface area contributed by atoms with E-state index in [1.807, 2.05) is 26.0 Å². The number of hydrogen-bond donors (Lipinski definition) is 0. The Morgan fingerprint density at radius 1 is 1.29 bits per heavy atom. The Morgan fingerprint density at radius 2 is 2.10 bits per heavy atom. The van der Waals surface area contributed by atoms with E-state index in [-0.39, 0.29) is 5.92 Å². The Bertz CT molecular complexity index is 796. The summed E-state index contributed by atoms with van der Waals surface area (Å²) in [6.45, 7) is 4.10. The van der Waals surface area contributed by atoms with Gasteiger partial charge in [0.15, 0.2) is 0 Å². The minimum Gasteiger partial charge on any atom is -0.495 e. The summed E-state index contributed by atoms with van der Waals surface area (Å²) in [6, 6.07) is 10.5. The van der Waals surface area contributed by atoms with E-state index in [1.54, 1.807) is 19.2 Å². The molecular formula is C16H14ClN2O2. The van der Waals surface area contributed by atoms with Crippen molar-refractivity contribution >= 4 is 22.5 Å². The lowest BCUT2D eigenvalue weighted by Crippen LogP contribution is -1.90. The summed E-state index contributed by atoms with van der Waals surface area (Å²) >= 11 is 6.31. The van der Waals surface area contributed by atoms with Gasteiger partial charge in [0.2, 0.25) is 0 Å². The van der Waals surface area contributed by atoms with Gasteiger partial charge in [0, 0.05) is 17.4 Å². The number of ether oxygens (including phenoxy) is 1. The average Bonchev–Trinajstić information content (AvgIpc) is 2.97. The molecule has 0 bridgehead atoms. The van der Waals surface area contributed by atoms with Crippen molar-refractivity contribution in [2.75, 3.05) is 7.11 Å². The second-order valence-electron chi connectivity index (χ2n) is 5.03. The summed E-state index contributed by atoms with van der Waals surface area (Å²) in [5, 5.41) is 5.36. The van der Waals surface area contributed by atoms with Crippen molar-refractivity contribution in [3.8, 4) is 17.1 Å². The van der Waals surface area contributed by atoms with Crippen LogP contribution >= 0.6 is 11.6 Å². The molecule has 0 aliphatic heterocycles. The van der Waals surface area contributed by atoms with E-state index in [4.69, 9.17) is 20.9 Å². The van der Waals surface area contributed by atoms with Crippen LogP contribution in [0, 0.1) is 6.07 Å². The van der Waals surface area contributed by atoms with Gasteiger partial charge in [-0.2, -0.15) is 0 Å². The van der Waals surface area contributed by atoms with Crippen molar-refractivity contribution in [2.45, 2.75) is 19.8 Å². The number of nitrogens with zero attached hydrogens (tertiary/aromatic N) is 2. The van der Waals surface area contributed by atoms with Gasteiger partial charge in [-0.15, -0.1) is 0 Å². The van der Waals surface area contributed by atoms with Crippen LogP contribution in [0.15, 0.2) is 28.8 Å². The monoisotopic (exact) mass is 301 g/mol. The highest BCUT2D eigenvalue weighted by Gasteiger charge is 2.13. The van der Waals surface area contributed by atoms with Crippen LogP contribution in [0.25, 0.3) is 22.3 Å². The van der Waals surface area contributed by atoms with Crippen LogP contribution in [-0.2, 0) is 0 Å². The molecule has 4 nitrogen and oxygen atoms in total. The highest BCUT2D eigenvalue weighted by atomic mass is 35.5. The molecule has 0 saturated carbocycles. The van der Waals surface area contributed by atoms with Crippen molar-refractivity contribution in [1.29, 1.82) is 0 Å². The van der Waals surface area contributed by atoms with E-state index in [0.29, 0.717) is 27.7 Å². The Hall–Kier alpha value is -2.07. The fourth-order valence-electron chi connectivity index (χ4n) is 2.04. The number of fused-ring (bicyclic) bond motifs is 1. The van der Waals surface area contributed by atoms with Gasteiger partial charge in [-0.1, -0.05) is 30.6 Å². The van der Waals surface area contributed by atoms with E-state index >= 15 is 0 Å². The van der Waals surface area contributed by atoms with Gasteiger partial charge in [0.25, 0.3) is 0 Å². The topological polar surface area (TPSA) is 48.2 Å². The Morgan fingerprint density at radius 3 is 2.76 bits per heavy atom.